The maximum atomic E-state index is 9.39. The van der Waals surface area contributed by atoms with E-state index in [-0.39, 0.29) is 12.0 Å². The summed E-state index contributed by atoms with van der Waals surface area (Å²) < 4.78 is 5.60. The first-order valence-electron chi connectivity index (χ1n) is 5.80. The van der Waals surface area contributed by atoms with Crippen LogP contribution >= 0.6 is 0 Å². The van der Waals surface area contributed by atoms with Gasteiger partial charge in [-0.15, -0.1) is 0 Å². The van der Waals surface area contributed by atoms with E-state index in [9.17, 15) is 5.11 Å². The Labute approximate surface area is 96.2 Å². The van der Waals surface area contributed by atoms with Crippen LogP contribution in [0.5, 0.6) is 5.75 Å². The molecule has 0 spiro atoms. The Balaban J connectivity index is 2.22. The Morgan fingerprint density at radius 3 is 2.81 bits per heavy atom. The SMILES string of the molecule is CCOc1ccccc1[C@@H]1C[C@]1(CN)CO. The fraction of sp³-hybridized carbons (Fsp3) is 0.538. The minimum absolute atomic E-state index is 0.104. The van der Waals surface area contributed by atoms with Crippen LogP contribution in [0.25, 0.3) is 0 Å². The molecule has 1 saturated carbocycles. The van der Waals surface area contributed by atoms with Gasteiger partial charge in [-0.05, 0) is 30.9 Å². The van der Waals surface area contributed by atoms with Gasteiger partial charge in [0, 0.05) is 12.0 Å². The number of nitrogens with two attached hydrogens (primary N) is 1. The number of aliphatic hydroxyl groups is 1. The summed E-state index contributed by atoms with van der Waals surface area (Å²) in [6, 6.07) is 8.04. The molecule has 0 aromatic heterocycles. The lowest BCUT2D eigenvalue weighted by Crippen LogP contribution is -2.21. The van der Waals surface area contributed by atoms with Gasteiger partial charge >= 0.3 is 0 Å². The monoisotopic (exact) mass is 221 g/mol. The van der Waals surface area contributed by atoms with E-state index in [1.54, 1.807) is 0 Å². The first-order valence-corrected chi connectivity index (χ1v) is 5.80. The van der Waals surface area contributed by atoms with Crippen molar-refractivity contribution in [2.24, 2.45) is 11.1 Å². The van der Waals surface area contributed by atoms with Gasteiger partial charge in [0.25, 0.3) is 0 Å². The van der Waals surface area contributed by atoms with Gasteiger partial charge in [0.15, 0.2) is 0 Å². The average Bonchev–Trinajstić information content (AvgIpc) is 3.05. The number of para-hydroxylation sites is 1. The van der Waals surface area contributed by atoms with Gasteiger partial charge in [-0.1, -0.05) is 18.2 Å². The lowest BCUT2D eigenvalue weighted by molar-refractivity contribution is 0.211. The predicted octanol–water partition coefficient (Wildman–Crippen LogP) is 1.51. The molecule has 1 fully saturated rings. The van der Waals surface area contributed by atoms with E-state index in [0.717, 1.165) is 12.2 Å². The van der Waals surface area contributed by atoms with E-state index in [0.29, 0.717) is 19.1 Å². The third-order valence-corrected chi connectivity index (χ3v) is 3.51. The molecule has 0 heterocycles. The number of benzene rings is 1. The number of rotatable bonds is 5. The largest absolute Gasteiger partial charge is 0.494 e. The van der Waals surface area contributed by atoms with Crippen molar-refractivity contribution >= 4 is 0 Å². The number of ether oxygens (including phenoxy) is 1. The molecule has 1 aromatic rings. The molecule has 3 N–H and O–H groups in total. The number of hydrogen-bond donors (Lipinski definition) is 2. The van der Waals surface area contributed by atoms with Crippen LogP contribution < -0.4 is 10.5 Å². The highest BCUT2D eigenvalue weighted by Crippen LogP contribution is 2.59. The van der Waals surface area contributed by atoms with Crippen LogP contribution in [0.4, 0.5) is 0 Å². The third-order valence-electron chi connectivity index (χ3n) is 3.51. The Morgan fingerprint density at radius 2 is 2.25 bits per heavy atom. The second kappa shape index (κ2) is 4.44. The average molecular weight is 221 g/mol. The van der Waals surface area contributed by atoms with E-state index in [1.165, 1.54) is 5.56 Å². The summed E-state index contributed by atoms with van der Waals surface area (Å²) in [7, 11) is 0. The van der Waals surface area contributed by atoms with Crippen LogP contribution in [0.15, 0.2) is 24.3 Å². The van der Waals surface area contributed by atoms with Gasteiger partial charge < -0.3 is 15.6 Å². The number of hydrogen-bond acceptors (Lipinski definition) is 3. The maximum Gasteiger partial charge on any atom is 0.122 e. The van der Waals surface area contributed by atoms with Gasteiger partial charge in [0.2, 0.25) is 0 Å². The molecule has 0 saturated heterocycles. The molecule has 3 nitrogen and oxygen atoms in total. The predicted molar refractivity (Wildman–Crippen MR) is 63.5 cm³/mol. The molecule has 0 unspecified atom stereocenters. The molecule has 1 aliphatic carbocycles. The molecule has 0 aliphatic heterocycles. The lowest BCUT2D eigenvalue weighted by atomic mass is 9.99. The summed E-state index contributed by atoms with van der Waals surface area (Å²) in [5.41, 5.74) is 6.81. The van der Waals surface area contributed by atoms with Crippen molar-refractivity contribution < 1.29 is 9.84 Å². The summed E-state index contributed by atoms with van der Waals surface area (Å²) in [6.07, 6.45) is 0.962. The van der Waals surface area contributed by atoms with Crippen LogP contribution in [-0.4, -0.2) is 24.9 Å². The highest BCUT2D eigenvalue weighted by Gasteiger charge is 2.54. The third kappa shape index (κ3) is 1.81. The maximum absolute atomic E-state index is 9.39. The molecule has 0 amide bonds. The van der Waals surface area contributed by atoms with Crippen LogP contribution in [0.1, 0.15) is 24.8 Å². The van der Waals surface area contributed by atoms with E-state index < -0.39 is 0 Å². The summed E-state index contributed by atoms with van der Waals surface area (Å²) in [4.78, 5) is 0. The second-order valence-corrected chi connectivity index (χ2v) is 4.45. The highest BCUT2D eigenvalue weighted by molar-refractivity contribution is 5.41. The Hall–Kier alpha value is -1.06. The molecular formula is C13H19NO2. The molecular weight excluding hydrogens is 202 g/mol. The van der Waals surface area contributed by atoms with Crippen LogP contribution in [0, 0.1) is 5.41 Å². The Kier molecular flexibility index (Phi) is 3.17. The van der Waals surface area contributed by atoms with Crippen molar-refractivity contribution in [2.45, 2.75) is 19.3 Å². The molecule has 0 radical (unpaired) electrons. The van der Waals surface area contributed by atoms with Crippen molar-refractivity contribution in [1.82, 2.24) is 0 Å². The zero-order valence-electron chi connectivity index (χ0n) is 9.65. The molecule has 2 rings (SSSR count). The fourth-order valence-corrected chi connectivity index (χ4v) is 2.31. The van der Waals surface area contributed by atoms with Gasteiger partial charge in [0.05, 0.1) is 13.2 Å². The van der Waals surface area contributed by atoms with E-state index >= 15 is 0 Å². The zero-order chi connectivity index (χ0) is 11.6. The minimum atomic E-state index is -0.104. The summed E-state index contributed by atoms with van der Waals surface area (Å²) in [5.74, 6) is 1.28. The molecule has 1 aliphatic rings. The first-order chi connectivity index (χ1) is 7.77. The van der Waals surface area contributed by atoms with Crippen LogP contribution in [-0.2, 0) is 0 Å². The first kappa shape index (κ1) is 11.4. The minimum Gasteiger partial charge on any atom is -0.494 e. The van der Waals surface area contributed by atoms with Crippen LogP contribution in [0.3, 0.4) is 0 Å². The fourth-order valence-electron chi connectivity index (χ4n) is 2.31. The lowest BCUT2D eigenvalue weighted by Gasteiger charge is -2.14. The second-order valence-electron chi connectivity index (χ2n) is 4.45. The normalized spacial score (nSPS) is 27.8. The van der Waals surface area contributed by atoms with Crippen molar-refractivity contribution in [3.63, 3.8) is 0 Å². The zero-order valence-corrected chi connectivity index (χ0v) is 9.65. The standard InChI is InChI=1S/C13H19NO2/c1-2-16-12-6-4-3-5-10(12)11-7-13(11,8-14)9-15/h3-6,11,15H,2,7-9,14H2,1H3/t11-,13-/m0/s1. The van der Waals surface area contributed by atoms with Crippen molar-refractivity contribution in [2.75, 3.05) is 19.8 Å². The summed E-state index contributed by atoms with van der Waals surface area (Å²) in [5, 5.41) is 9.39. The quantitative estimate of drug-likeness (QED) is 0.792. The highest BCUT2D eigenvalue weighted by atomic mass is 16.5. The van der Waals surface area contributed by atoms with E-state index in [2.05, 4.69) is 6.07 Å². The van der Waals surface area contributed by atoms with Gasteiger partial charge in [-0.2, -0.15) is 0 Å². The van der Waals surface area contributed by atoms with Crippen molar-refractivity contribution in [3.05, 3.63) is 29.8 Å². The smallest absolute Gasteiger partial charge is 0.122 e. The Morgan fingerprint density at radius 1 is 1.50 bits per heavy atom. The molecule has 2 atom stereocenters. The van der Waals surface area contributed by atoms with Crippen LogP contribution in [0.2, 0.25) is 0 Å². The molecule has 16 heavy (non-hydrogen) atoms. The topological polar surface area (TPSA) is 55.5 Å². The molecule has 88 valence electrons. The van der Waals surface area contributed by atoms with Gasteiger partial charge in [-0.3, -0.25) is 0 Å². The Bertz CT molecular complexity index is 361. The molecule has 0 bridgehead atoms. The number of aliphatic hydroxyl groups excluding tert-OH is 1. The summed E-state index contributed by atoms with van der Waals surface area (Å²) in [6.45, 7) is 3.34. The molecule has 1 aromatic carbocycles. The van der Waals surface area contributed by atoms with Crippen molar-refractivity contribution in [1.29, 1.82) is 0 Å². The van der Waals surface area contributed by atoms with Crippen molar-refractivity contribution in [3.8, 4) is 5.75 Å². The molecule has 3 heteroatoms. The summed E-state index contributed by atoms with van der Waals surface area (Å²) >= 11 is 0. The van der Waals surface area contributed by atoms with E-state index in [1.807, 2.05) is 25.1 Å². The van der Waals surface area contributed by atoms with Gasteiger partial charge in [0.1, 0.15) is 5.75 Å². The van der Waals surface area contributed by atoms with Gasteiger partial charge in [-0.25, -0.2) is 0 Å². The van der Waals surface area contributed by atoms with E-state index in [4.69, 9.17) is 10.5 Å².